The lowest BCUT2D eigenvalue weighted by Crippen LogP contribution is -2.44. The van der Waals surface area contributed by atoms with E-state index in [1.165, 1.54) is 6.42 Å². The zero-order valence-corrected chi connectivity index (χ0v) is 20.9. The van der Waals surface area contributed by atoms with Crippen LogP contribution in [0.2, 0.25) is 0 Å². The van der Waals surface area contributed by atoms with Gasteiger partial charge in [-0.3, -0.25) is 4.79 Å². The number of rotatable bonds is 3. The van der Waals surface area contributed by atoms with Crippen molar-refractivity contribution in [3.63, 3.8) is 0 Å². The van der Waals surface area contributed by atoms with Gasteiger partial charge < -0.3 is 19.5 Å². The zero-order chi connectivity index (χ0) is 23.3. The molecule has 0 amide bonds. The van der Waals surface area contributed by atoms with Crippen molar-refractivity contribution in [2.75, 3.05) is 6.79 Å². The summed E-state index contributed by atoms with van der Waals surface area (Å²) >= 11 is 3.68. The first kappa shape index (κ1) is 22.5. The molecule has 1 N–H and O–H groups in total. The topological polar surface area (TPSA) is 73.9 Å². The molecule has 0 saturated heterocycles. The minimum absolute atomic E-state index is 0.0645. The van der Waals surface area contributed by atoms with Gasteiger partial charge in [0.1, 0.15) is 11.9 Å². The van der Waals surface area contributed by atoms with Crippen molar-refractivity contribution >= 4 is 27.7 Å². The van der Waals surface area contributed by atoms with Crippen LogP contribution in [0.15, 0.2) is 39.6 Å². The number of benzene rings is 1. The number of hydrogen-bond donors (Lipinski definition) is 1. The molecule has 2 atom stereocenters. The van der Waals surface area contributed by atoms with Crippen LogP contribution < -0.4 is 14.8 Å². The molecule has 7 heteroatoms. The summed E-state index contributed by atoms with van der Waals surface area (Å²) < 4.78 is 17.9. The Kier molecular flexibility index (Phi) is 5.79. The molecule has 0 bridgehead atoms. The van der Waals surface area contributed by atoms with Crippen LogP contribution >= 0.6 is 15.9 Å². The largest absolute Gasteiger partial charge is 0.459 e. The zero-order valence-electron chi connectivity index (χ0n) is 19.3. The van der Waals surface area contributed by atoms with Crippen LogP contribution in [0.4, 0.5) is 0 Å². The summed E-state index contributed by atoms with van der Waals surface area (Å²) in [7, 11) is 0. The fourth-order valence-electron chi connectivity index (χ4n) is 5.64. The van der Waals surface area contributed by atoms with E-state index in [-0.39, 0.29) is 30.1 Å². The van der Waals surface area contributed by atoms with Crippen LogP contribution in [0.3, 0.4) is 0 Å². The third-order valence-electron chi connectivity index (χ3n) is 7.11. The van der Waals surface area contributed by atoms with E-state index in [4.69, 9.17) is 14.2 Å². The number of ketones is 1. The summed E-state index contributed by atoms with van der Waals surface area (Å²) in [5.41, 5.74) is 2.71. The van der Waals surface area contributed by atoms with E-state index in [1.54, 1.807) is 0 Å². The molecule has 1 saturated carbocycles. The molecular formula is C26H30BrNO5. The predicted octanol–water partition coefficient (Wildman–Crippen LogP) is 5.51. The van der Waals surface area contributed by atoms with Crippen LogP contribution in [-0.4, -0.2) is 24.6 Å². The third-order valence-corrected chi connectivity index (χ3v) is 7.80. The number of esters is 1. The normalized spacial score (nSPS) is 26.4. The van der Waals surface area contributed by atoms with Gasteiger partial charge in [-0.05, 0) is 55.7 Å². The molecule has 5 rings (SSSR count). The minimum Gasteiger partial charge on any atom is -0.459 e. The number of carbonyl (C=O) groups excluding carboxylic acids is 2. The van der Waals surface area contributed by atoms with Gasteiger partial charge in [0.15, 0.2) is 11.5 Å². The van der Waals surface area contributed by atoms with E-state index in [0.29, 0.717) is 23.5 Å². The first-order valence-corrected chi connectivity index (χ1v) is 12.6. The van der Waals surface area contributed by atoms with Gasteiger partial charge in [0.2, 0.25) is 6.79 Å². The average molecular weight is 516 g/mol. The Morgan fingerprint density at radius 3 is 2.55 bits per heavy atom. The molecule has 2 aliphatic heterocycles. The lowest BCUT2D eigenvalue weighted by Gasteiger charge is -2.42. The van der Waals surface area contributed by atoms with Gasteiger partial charge in [0.05, 0.1) is 11.5 Å². The monoisotopic (exact) mass is 515 g/mol. The number of nitrogens with one attached hydrogen (secondary N) is 1. The number of hydrogen-bond acceptors (Lipinski definition) is 6. The standard InChI is InChI=1S/C26H30BrNO5/c1-14-22(25(30)33-15-7-5-4-6-8-15)23(16-9-20-21(10-17(16)27)32-13-31-20)24-18(28-14)11-26(2,3)12-19(24)29/h9-11,15,23-24,28H,4-8,12-13H2,1-3H3. The Balaban J connectivity index is 1.61. The highest BCUT2D eigenvalue weighted by molar-refractivity contribution is 9.10. The fourth-order valence-corrected chi connectivity index (χ4v) is 6.21. The molecule has 1 fully saturated rings. The highest BCUT2D eigenvalue weighted by Gasteiger charge is 2.47. The minimum atomic E-state index is -0.479. The van der Waals surface area contributed by atoms with E-state index in [1.807, 2.05) is 19.1 Å². The molecule has 2 aliphatic carbocycles. The van der Waals surface area contributed by atoms with Crippen LogP contribution in [0, 0.1) is 11.3 Å². The van der Waals surface area contributed by atoms with Gasteiger partial charge in [-0.25, -0.2) is 4.79 Å². The molecule has 0 spiro atoms. The van der Waals surface area contributed by atoms with Crippen LogP contribution in [0.25, 0.3) is 0 Å². The van der Waals surface area contributed by atoms with Gasteiger partial charge >= 0.3 is 5.97 Å². The molecule has 2 unspecified atom stereocenters. The molecule has 33 heavy (non-hydrogen) atoms. The predicted molar refractivity (Wildman–Crippen MR) is 127 cm³/mol. The van der Waals surface area contributed by atoms with Crippen molar-refractivity contribution in [2.45, 2.75) is 71.3 Å². The number of ether oxygens (including phenoxy) is 3. The third kappa shape index (κ3) is 4.20. The van der Waals surface area contributed by atoms with Crippen molar-refractivity contribution in [3.05, 3.63) is 45.2 Å². The van der Waals surface area contributed by atoms with Gasteiger partial charge in [0, 0.05) is 28.2 Å². The number of carbonyl (C=O) groups is 2. The first-order chi connectivity index (χ1) is 15.7. The van der Waals surface area contributed by atoms with E-state index in [9.17, 15) is 9.59 Å². The maximum absolute atomic E-state index is 13.6. The Bertz CT molecular complexity index is 1070. The summed E-state index contributed by atoms with van der Waals surface area (Å²) in [4.78, 5) is 27.1. The summed E-state index contributed by atoms with van der Waals surface area (Å²) in [6, 6.07) is 3.76. The fraction of sp³-hybridized carbons (Fsp3) is 0.538. The average Bonchev–Trinajstić information content (AvgIpc) is 3.19. The summed E-state index contributed by atoms with van der Waals surface area (Å²) in [5.74, 6) is 0.110. The van der Waals surface area contributed by atoms with Gasteiger partial charge in [-0.2, -0.15) is 0 Å². The summed E-state index contributed by atoms with van der Waals surface area (Å²) in [6.45, 7) is 6.18. The number of halogens is 1. The molecular weight excluding hydrogens is 486 g/mol. The van der Waals surface area contributed by atoms with E-state index in [2.05, 4.69) is 41.2 Å². The van der Waals surface area contributed by atoms with Crippen molar-refractivity contribution in [1.82, 2.24) is 5.32 Å². The lowest BCUT2D eigenvalue weighted by molar-refractivity contribution is -0.146. The summed E-state index contributed by atoms with van der Waals surface area (Å²) in [5, 5.41) is 3.39. The van der Waals surface area contributed by atoms with E-state index < -0.39 is 11.8 Å². The molecule has 4 aliphatic rings. The van der Waals surface area contributed by atoms with Crippen molar-refractivity contribution in [1.29, 1.82) is 0 Å². The lowest BCUT2D eigenvalue weighted by atomic mass is 9.66. The molecule has 6 nitrogen and oxygen atoms in total. The molecule has 0 aromatic heterocycles. The highest BCUT2D eigenvalue weighted by Crippen LogP contribution is 2.50. The van der Waals surface area contributed by atoms with E-state index in [0.717, 1.165) is 47.1 Å². The summed E-state index contributed by atoms with van der Waals surface area (Å²) in [6.07, 6.45) is 7.63. The highest BCUT2D eigenvalue weighted by atomic mass is 79.9. The molecule has 1 aromatic rings. The number of Topliss-reactive ketones (excluding diaryl/α,β-unsaturated/α-hetero) is 1. The first-order valence-electron chi connectivity index (χ1n) is 11.8. The Hall–Kier alpha value is -2.28. The number of allylic oxidation sites excluding steroid dienone is 3. The maximum atomic E-state index is 13.6. The van der Waals surface area contributed by atoms with Crippen molar-refractivity contribution in [3.8, 4) is 11.5 Å². The van der Waals surface area contributed by atoms with Gasteiger partial charge in [0.25, 0.3) is 0 Å². The second-order valence-corrected chi connectivity index (χ2v) is 11.1. The Labute approximate surface area is 202 Å². The van der Waals surface area contributed by atoms with Crippen molar-refractivity contribution in [2.24, 2.45) is 11.3 Å². The Morgan fingerprint density at radius 2 is 1.82 bits per heavy atom. The Morgan fingerprint density at radius 1 is 1.12 bits per heavy atom. The molecule has 176 valence electrons. The number of fused-ring (bicyclic) bond motifs is 2. The quantitative estimate of drug-likeness (QED) is 0.534. The van der Waals surface area contributed by atoms with Crippen LogP contribution in [0.5, 0.6) is 11.5 Å². The van der Waals surface area contributed by atoms with Crippen molar-refractivity contribution < 1.29 is 23.8 Å². The molecule has 2 heterocycles. The maximum Gasteiger partial charge on any atom is 0.336 e. The van der Waals surface area contributed by atoms with Crippen LogP contribution in [0.1, 0.15) is 70.8 Å². The second-order valence-electron chi connectivity index (χ2n) is 10.2. The second kappa shape index (κ2) is 8.49. The van der Waals surface area contributed by atoms with E-state index >= 15 is 0 Å². The smallest absolute Gasteiger partial charge is 0.336 e. The van der Waals surface area contributed by atoms with Gasteiger partial charge in [-0.1, -0.05) is 42.3 Å². The van der Waals surface area contributed by atoms with Crippen LogP contribution in [-0.2, 0) is 14.3 Å². The molecule has 1 aromatic carbocycles. The molecule has 0 radical (unpaired) electrons. The van der Waals surface area contributed by atoms with Gasteiger partial charge in [-0.15, -0.1) is 0 Å². The SMILES string of the molecule is CC1=C(C(=O)OC2CCCCC2)C(c2cc3c(cc2Br)OCO3)C2C(=O)CC(C)(C)C=C2N1.